The van der Waals surface area contributed by atoms with E-state index in [1.807, 2.05) is 41.2 Å². The van der Waals surface area contributed by atoms with E-state index in [4.69, 9.17) is 21.5 Å². The molecule has 0 spiro atoms. The quantitative estimate of drug-likeness (QED) is 0.393. The summed E-state index contributed by atoms with van der Waals surface area (Å²) in [6.45, 7) is 3.80. The number of alkyl halides is 3. The molecule has 35 heavy (non-hydrogen) atoms. The van der Waals surface area contributed by atoms with Crippen LogP contribution in [0.4, 0.5) is 18.3 Å². The molecule has 0 saturated heterocycles. The maximum Gasteiger partial charge on any atom is 0.490 e. The molecule has 0 saturated carbocycles. The number of aliphatic carboxylic acids is 1. The summed E-state index contributed by atoms with van der Waals surface area (Å²) < 4.78 is 33.6. The molecule has 3 aromatic heterocycles. The third kappa shape index (κ3) is 6.27. The Morgan fingerprint density at radius 1 is 1.26 bits per heavy atom. The molecule has 184 valence electrons. The molecule has 0 fully saturated rings. The fourth-order valence-electron chi connectivity index (χ4n) is 3.56. The largest absolute Gasteiger partial charge is 0.490 e. The molecule has 4 aromatic rings. The van der Waals surface area contributed by atoms with Crippen molar-refractivity contribution in [1.29, 1.82) is 0 Å². The molecular weight excluding hydrogens is 505 g/mol. The van der Waals surface area contributed by atoms with Crippen molar-refractivity contribution in [1.82, 2.24) is 24.5 Å². The van der Waals surface area contributed by atoms with Gasteiger partial charge in [-0.05, 0) is 35.7 Å². The van der Waals surface area contributed by atoms with Crippen LogP contribution in [-0.2, 0) is 17.8 Å². The van der Waals surface area contributed by atoms with Crippen molar-refractivity contribution >= 4 is 39.0 Å². The average Bonchev–Trinajstić information content (AvgIpc) is 3.39. The number of hydrogen-bond donors (Lipinski definition) is 2. The number of carboxylic acids is 1. The molecular formula is C22H20ClF3N6O2S. The highest BCUT2D eigenvalue weighted by molar-refractivity contribution is 7.20. The Morgan fingerprint density at radius 2 is 2.06 bits per heavy atom. The topological polar surface area (TPSA) is 95.7 Å². The second-order valence-corrected chi connectivity index (χ2v) is 9.00. The summed E-state index contributed by atoms with van der Waals surface area (Å²) in [7, 11) is 0. The van der Waals surface area contributed by atoms with Crippen LogP contribution in [0.5, 0.6) is 0 Å². The third-order valence-corrected chi connectivity index (χ3v) is 6.47. The van der Waals surface area contributed by atoms with E-state index in [-0.39, 0.29) is 0 Å². The minimum Gasteiger partial charge on any atom is -0.475 e. The number of carboxylic acid groups (broad SMARTS) is 1. The first-order valence-corrected chi connectivity index (χ1v) is 11.7. The molecule has 0 atom stereocenters. The van der Waals surface area contributed by atoms with E-state index in [1.165, 1.54) is 11.1 Å². The fourth-order valence-corrected chi connectivity index (χ4v) is 4.65. The number of anilines is 1. The first-order chi connectivity index (χ1) is 16.7. The van der Waals surface area contributed by atoms with Gasteiger partial charge in [-0.25, -0.2) is 14.3 Å². The molecule has 13 heteroatoms. The summed E-state index contributed by atoms with van der Waals surface area (Å²) in [5.74, 6) is -2.76. The Balaban J connectivity index is 0.000000364. The summed E-state index contributed by atoms with van der Waals surface area (Å²) in [6.07, 6.45) is 1.45. The predicted molar refractivity (Wildman–Crippen MR) is 127 cm³/mol. The molecule has 8 nitrogen and oxygen atoms in total. The number of aromatic nitrogens is 4. The highest BCUT2D eigenvalue weighted by Gasteiger charge is 2.38. The Morgan fingerprint density at radius 3 is 2.74 bits per heavy atom. The average molecular weight is 525 g/mol. The first kappa shape index (κ1) is 24.9. The number of halogens is 4. The van der Waals surface area contributed by atoms with Crippen LogP contribution in [0.3, 0.4) is 0 Å². The first-order valence-electron chi connectivity index (χ1n) is 10.5. The van der Waals surface area contributed by atoms with Gasteiger partial charge < -0.3 is 10.4 Å². The summed E-state index contributed by atoms with van der Waals surface area (Å²) in [5, 5.41) is 16.9. The second kappa shape index (κ2) is 10.6. The summed E-state index contributed by atoms with van der Waals surface area (Å²) >= 11 is 7.87. The van der Waals surface area contributed by atoms with Crippen LogP contribution in [0.1, 0.15) is 11.1 Å². The van der Waals surface area contributed by atoms with E-state index < -0.39 is 12.1 Å². The van der Waals surface area contributed by atoms with Crippen LogP contribution in [0, 0.1) is 0 Å². The van der Waals surface area contributed by atoms with E-state index in [2.05, 4.69) is 31.3 Å². The number of benzene rings is 1. The molecule has 0 bridgehead atoms. The lowest BCUT2D eigenvalue weighted by molar-refractivity contribution is -0.192. The van der Waals surface area contributed by atoms with Gasteiger partial charge in [-0.3, -0.25) is 9.88 Å². The van der Waals surface area contributed by atoms with Crippen molar-refractivity contribution in [3.8, 4) is 11.3 Å². The Hall–Kier alpha value is -3.22. The predicted octanol–water partition coefficient (Wildman–Crippen LogP) is 4.61. The Bertz CT molecular complexity index is 1280. The number of rotatable bonds is 5. The van der Waals surface area contributed by atoms with Crippen LogP contribution in [-0.4, -0.2) is 61.4 Å². The Kier molecular flexibility index (Phi) is 7.53. The van der Waals surface area contributed by atoms with Crippen molar-refractivity contribution in [3.05, 3.63) is 65.1 Å². The second-order valence-electron chi connectivity index (χ2n) is 7.64. The molecule has 4 heterocycles. The highest BCUT2D eigenvalue weighted by atomic mass is 35.5. The smallest absolute Gasteiger partial charge is 0.475 e. The number of imidazole rings is 1. The molecule has 5 rings (SSSR count). The van der Waals surface area contributed by atoms with Gasteiger partial charge in [0.1, 0.15) is 0 Å². The van der Waals surface area contributed by atoms with Gasteiger partial charge in [-0.15, -0.1) is 5.10 Å². The van der Waals surface area contributed by atoms with Gasteiger partial charge in [0, 0.05) is 49.2 Å². The van der Waals surface area contributed by atoms with Crippen LogP contribution in [0.25, 0.3) is 16.2 Å². The van der Waals surface area contributed by atoms with E-state index >= 15 is 0 Å². The maximum atomic E-state index is 10.6. The summed E-state index contributed by atoms with van der Waals surface area (Å²) in [5.41, 5.74) is 4.54. The molecule has 0 amide bonds. The molecule has 1 aliphatic rings. The third-order valence-electron chi connectivity index (χ3n) is 5.24. The van der Waals surface area contributed by atoms with Crippen molar-refractivity contribution in [3.63, 3.8) is 0 Å². The fraction of sp³-hybridized carbons (Fsp3) is 0.273. The van der Waals surface area contributed by atoms with E-state index in [0.717, 1.165) is 59.0 Å². The zero-order valence-corrected chi connectivity index (χ0v) is 19.7. The minimum absolute atomic E-state index is 0.849. The zero-order chi connectivity index (χ0) is 25.0. The normalized spacial score (nSPS) is 13.7. The van der Waals surface area contributed by atoms with Crippen LogP contribution in [0.2, 0.25) is 5.02 Å². The number of nitrogens with zero attached hydrogens (tertiary/aromatic N) is 5. The van der Waals surface area contributed by atoms with Gasteiger partial charge in [-0.2, -0.15) is 13.2 Å². The van der Waals surface area contributed by atoms with Gasteiger partial charge in [0.2, 0.25) is 10.1 Å². The number of fused-ring (bicyclic) bond motifs is 2. The highest BCUT2D eigenvalue weighted by Crippen LogP contribution is 2.26. The molecule has 2 N–H and O–H groups in total. The standard InChI is InChI=1S/C20H19ClN6S.C2HF3O2/c21-17-5-1-3-15-12-26(9-6-16(15)17)10-8-23-19-25-27-13-18(24-20(27)28-19)14-4-2-7-22-11-14;3-2(4,5)1(6)7/h1-5,7,11,13H,6,8-10,12H2,(H,23,25);(H,6,7). The van der Waals surface area contributed by atoms with Gasteiger partial charge in [0.25, 0.3) is 0 Å². The van der Waals surface area contributed by atoms with Crippen LogP contribution >= 0.6 is 22.9 Å². The van der Waals surface area contributed by atoms with Gasteiger partial charge >= 0.3 is 12.1 Å². The molecule has 1 aromatic carbocycles. The number of hydrogen-bond acceptors (Lipinski definition) is 7. The lowest BCUT2D eigenvalue weighted by atomic mass is 10.00. The molecule has 0 radical (unpaired) electrons. The lowest BCUT2D eigenvalue weighted by Crippen LogP contribution is -2.34. The molecule has 0 unspecified atom stereocenters. The van der Waals surface area contributed by atoms with Gasteiger partial charge in [0.15, 0.2) is 0 Å². The summed E-state index contributed by atoms with van der Waals surface area (Å²) in [4.78, 5) is 21.0. The number of carbonyl (C=O) groups is 1. The van der Waals surface area contributed by atoms with E-state index in [1.54, 1.807) is 17.5 Å². The SMILES string of the molecule is Clc1cccc2c1CCN(CCNc1nn3cc(-c4cccnc4)nc3s1)C2.O=C(O)C(F)(F)F. The lowest BCUT2D eigenvalue weighted by Gasteiger charge is -2.29. The zero-order valence-electron chi connectivity index (χ0n) is 18.2. The van der Waals surface area contributed by atoms with Crippen LogP contribution in [0.15, 0.2) is 48.9 Å². The summed E-state index contributed by atoms with van der Waals surface area (Å²) in [6, 6.07) is 10.1. The minimum atomic E-state index is -5.08. The van der Waals surface area contributed by atoms with Crippen molar-refractivity contribution in [2.24, 2.45) is 0 Å². The van der Waals surface area contributed by atoms with E-state index in [9.17, 15) is 13.2 Å². The van der Waals surface area contributed by atoms with Crippen molar-refractivity contribution in [2.75, 3.05) is 25.0 Å². The van der Waals surface area contributed by atoms with Gasteiger partial charge in [-0.1, -0.05) is 35.1 Å². The Labute approximate surface area is 207 Å². The van der Waals surface area contributed by atoms with E-state index in [0.29, 0.717) is 0 Å². The van der Waals surface area contributed by atoms with Crippen molar-refractivity contribution in [2.45, 2.75) is 19.1 Å². The van der Waals surface area contributed by atoms with Crippen molar-refractivity contribution < 1.29 is 23.1 Å². The number of nitrogens with one attached hydrogen (secondary N) is 1. The molecule has 1 aliphatic heterocycles. The number of pyridine rings is 1. The van der Waals surface area contributed by atoms with Crippen LogP contribution < -0.4 is 5.32 Å². The monoisotopic (exact) mass is 524 g/mol. The maximum absolute atomic E-state index is 10.6. The molecule has 0 aliphatic carbocycles. The van der Waals surface area contributed by atoms with Gasteiger partial charge in [0.05, 0.1) is 11.9 Å².